The van der Waals surface area contributed by atoms with Crippen molar-refractivity contribution < 1.29 is 19.0 Å². The summed E-state index contributed by atoms with van der Waals surface area (Å²) in [5.74, 6) is 0.526. The van der Waals surface area contributed by atoms with Crippen LogP contribution < -0.4 is 9.47 Å². The molecule has 3 rings (SSSR count). The third-order valence-corrected chi connectivity index (χ3v) is 4.65. The first-order chi connectivity index (χ1) is 12.1. The number of nitrogens with zero attached hydrogens (tertiary/aromatic N) is 2. The van der Waals surface area contributed by atoms with Crippen molar-refractivity contribution in [2.75, 3.05) is 27.8 Å². The molecule has 0 aromatic heterocycles. The first kappa shape index (κ1) is 17.0. The highest BCUT2D eigenvalue weighted by Crippen LogP contribution is 2.40. The number of fused-ring (bicyclic) bond motifs is 1. The van der Waals surface area contributed by atoms with Crippen molar-refractivity contribution in [3.05, 3.63) is 63.2 Å². The standard InChI is InChI=1S/C19H21N2O4/c1-20-11-10-13-6-4-5-7-15(13)16(20)12-14-8-9-17(24-2)19(25-3)18(14)21(22)23/h4-9H,10-12H2,1-3H3/q+1/i16+2. The molecule has 0 N–H and O–H groups in total. The Labute approximate surface area is 146 Å². The van der Waals surface area contributed by atoms with Gasteiger partial charge in [-0.05, 0) is 23.8 Å². The van der Waals surface area contributed by atoms with Crippen molar-refractivity contribution in [2.24, 2.45) is 0 Å². The average molecular weight is 343 g/mol. The van der Waals surface area contributed by atoms with E-state index in [0.29, 0.717) is 17.7 Å². The van der Waals surface area contributed by atoms with E-state index in [4.69, 9.17) is 9.47 Å². The molecule has 0 bridgehead atoms. The lowest BCUT2D eigenvalue weighted by atomic mass is 10.1. The summed E-state index contributed by atoms with van der Waals surface area (Å²) in [4.78, 5) is 11.3. The largest absolute Gasteiger partial charge is 0.493 e. The summed E-state index contributed by atoms with van der Waals surface area (Å²) in [5, 5.41) is 11.7. The first-order valence-corrected chi connectivity index (χ1v) is 8.10. The van der Waals surface area contributed by atoms with Crippen molar-refractivity contribution in [2.45, 2.75) is 12.8 Å². The summed E-state index contributed by atoms with van der Waals surface area (Å²) in [6.07, 6.45) is 1.44. The lowest BCUT2D eigenvalue weighted by molar-refractivity contribution is -0.499. The second-order valence-corrected chi connectivity index (χ2v) is 6.02. The van der Waals surface area contributed by atoms with Crippen LogP contribution in [0.15, 0.2) is 36.4 Å². The fraction of sp³-hybridized carbons (Fsp3) is 0.316. The van der Waals surface area contributed by atoms with Crippen LogP contribution in [0.4, 0.5) is 5.69 Å². The molecular formula is C19H21N2O4+. The smallest absolute Gasteiger partial charge is 0.318 e. The van der Waals surface area contributed by atoms with Crippen molar-refractivity contribution in [3.8, 4) is 11.5 Å². The lowest BCUT2D eigenvalue weighted by Gasteiger charge is -2.17. The third-order valence-electron chi connectivity index (χ3n) is 4.65. The van der Waals surface area contributed by atoms with Crippen LogP contribution in [-0.2, 0) is 12.8 Å². The minimum absolute atomic E-state index is 0.0363. The zero-order chi connectivity index (χ0) is 18.0. The van der Waals surface area contributed by atoms with Crippen LogP contribution in [0.1, 0.15) is 16.7 Å². The van der Waals surface area contributed by atoms with Gasteiger partial charge in [0, 0.05) is 17.5 Å². The fourth-order valence-electron chi connectivity index (χ4n) is 3.35. The normalized spacial score (nSPS) is 13.4. The van der Waals surface area contributed by atoms with Gasteiger partial charge < -0.3 is 9.47 Å². The van der Waals surface area contributed by atoms with Crippen LogP contribution in [-0.4, -0.2) is 43.0 Å². The molecule has 6 heteroatoms. The molecule has 0 saturated heterocycles. The van der Waals surface area contributed by atoms with E-state index in [-0.39, 0.29) is 11.4 Å². The van der Waals surface area contributed by atoms with Gasteiger partial charge in [-0.3, -0.25) is 10.1 Å². The van der Waals surface area contributed by atoms with E-state index in [1.54, 1.807) is 12.1 Å². The quantitative estimate of drug-likeness (QED) is 0.476. The Hall–Kier alpha value is -2.89. The summed E-state index contributed by atoms with van der Waals surface area (Å²) in [6, 6.07) is 11.7. The molecule has 0 amide bonds. The number of hydrogen-bond acceptors (Lipinski definition) is 4. The number of methoxy groups -OCH3 is 2. The Bertz CT molecular complexity index is 858. The van der Waals surface area contributed by atoms with Crippen LogP contribution in [0.5, 0.6) is 11.5 Å². The number of nitro benzene ring substituents is 1. The van der Waals surface area contributed by atoms with Gasteiger partial charge in [-0.15, -0.1) is 0 Å². The number of rotatable bonds is 5. The van der Waals surface area contributed by atoms with Crippen LogP contribution in [0, 0.1) is 10.1 Å². The first-order valence-electron chi connectivity index (χ1n) is 8.10. The van der Waals surface area contributed by atoms with E-state index in [1.807, 2.05) is 19.2 Å². The molecule has 0 spiro atoms. The summed E-state index contributed by atoms with van der Waals surface area (Å²) in [6.45, 7) is 0.896. The number of benzene rings is 2. The highest BCUT2D eigenvalue weighted by molar-refractivity contribution is 6.00. The molecule has 1 heterocycles. The zero-order valence-electron chi connectivity index (χ0n) is 14.6. The highest BCUT2D eigenvalue weighted by atomic mass is 16.6. The monoisotopic (exact) mass is 343 g/mol. The molecule has 0 atom stereocenters. The van der Waals surface area contributed by atoms with E-state index < -0.39 is 4.92 Å². The van der Waals surface area contributed by atoms with Crippen LogP contribution in [0.3, 0.4) is 0 Å². The molecule has 0 aliphatic carbocycles. The van der Waals surface area contributed by atoms with Gasteiger partial charge in [0.15, 0.2) is 11.5 Å². The van der Waals surface area contributed by atoms with Crippen molar-refractivity contribution in [1.29, 1.82) is 0 Å². The summed E-state index contributed by atoms with van der Waals surface area (Å²) in [7, 11) is 4.92. The number of ether oxygens (including phenoxy) is 2. The van der Waals surface area contributed by atoms with Gasteiger partial charge in [0.25, 0.3) is 0 Å². The van der Waals surface area contributed by atoms with Gasteiger partial charge in [-0.2, -0.15) is 0 Å². The molecule has 2 aromatic rings. The van der Waals surface area contributed by atoms with Crippen LogP contribution >= 0.6 is 0 Å². The van der Waals surface area contributed by atoms with Gasteiger partial charge in [-0.25, -0.2) is 4.58 Å². The second-order valence-electron chi connectivity index (χ2n) is 6.02. The minimum atomic E-state index is -0.397. The molecule has 130 valence electrons. The van der Waals surface area contributed by atoms with Crippen molar-refractivity contribution in [1.82, 2.24) is 0 Å². The van der Waals surface area contributed by atoms with Gasteiger partial charge in [0.2, 0.25) is 5.75 Å². The van der Waals surface area contributed by atoms with E-state index in [9.17, 15) is 10.1 Å². The molecule has 25 heavy (non-hydrogen) atoms. The van der Waals surface area contributed by atoms with Gasteiger partial charge in [0.05, 0.1) is 25.6 Å². The predicted octanol–water partition coefficient (Wildman–Crippen LogP) is 2.84. The summed E-state index contributed by atoms with van der Waals surface area (Å²) in [5.41, 5.74) is 4.09. The Kier molecular flexibility index (Phi) is 4.70. The fourth-order valence-corrected chi connectivity index (χ4v) is 3.35. The highest BCUT2D eigenvalue weighted by Gasteiger charge is 2.30. The van der Waals surface area contributed by atoms with Crippen LogP contribution in [0.25, 0.3) is 0 Å². The SMILES string of the molecule is COc1ccc(C[14C]2=[N+](C)CCc3ccccc32)c([N+](=O)[O-])c1OC. The molecular weight excluding hydrogens is 322 g/mol. The van der Waals surface area contributed by atoms with Gasteiger partial charge >= 0.3 is 5.69 Å². The molecule has 0 saturated carbocycles. The molecule has 0 unspecified atom stereocenters. The van der Waals surface area contributed by atoms with E-state index in [1.165, 1.54) is 19.8 Å². The Morgan fingerprint density at radius 1 is 1.20 bits per heavy atom. The topological polar surface area (TPSA) is 64.6 Å². The van der Waals surface area contributed by atoms with E-state index in [0.717, 1.165) is 24.2 Å². The molecule has 1 aliphatic heterocycles. The maximum Gasteiger partial charge on any atom is 0.318 e. The second kappa shape index (κ2) is 6.93. The minimum Gasteiger partial charge on any atom is -0.493 e. The maximum atomic E-state index is 11.7. The maximum absolute atomic E-state index is 11.7. The summed E-state index contributed by atoms with van der Waals surface area (Å²) >= 11 is 0. The van der Waals surface area contributed by atoms with Crippen LogP contribution in [0.2, 0.25) is 0 Å². The third kappa shape index (κ3) is 3.07. The lowest BCUT2D eigenvalue weighted by Crippen LogP contribution is -2.29. The van der Waals surface area contributed by atoms with E-state index >= 15 is 0 Å². The molecule has 2 aromatic carbocycles. The van der Waals surface area contributed by atoms with E-state index in [2.05, 4.69) is 16.7 Å². The predicted molar refractivity (Wildman–Crippen MR) is 95.2 cm³/mol. The number of likely N-dealkylation sites (N-methyl/N-ethyl adjacent to an activating group) is 1. The molecule has 0 fully saturated rings. The van der Waals surface area contributed by atoms with Crippen molar-refractivity contribution in [3.63, 3.8) is 0 Å². The number of nitro groups is 1. The van der Waals surface area contributed by atoms with Crippen molar-refractivity contribution >= 4 is 11.4 Å². The average Bonchev–Trinajstić information content (AvgIpc) is 2.63. The zero-order valence-corrected chi connectivity index (χ0v) is 14.6. The Balaban J connectivity index is 2.11. The Morgan fingerprint density at radius 3 is 2.64 bits per heavy atom. The van der Waals surface area contributed by atoms with Gasteiger partial charge in [-0.1, -0.05) is 18.2 Å². The molecule has 0 radical (unpaired) electrons. The number of hydrogen-bond donors (Lipinski definition) is 0. The Morgan fingerprint density at radius 2 is 1.96 bits per heavy atom. The molecule has 1 aliphatic rings. The summed E-state index contributed by atoms with van der Waals surface area (Å²) < 4.78 is 12.6. The molecule has 6 nitrogen and oxygen atoms in total. The van der Waals surface area contributed by atoms with Gasteiger partial charge in [0.1, 0.15) is 13.6 Å².